The molecule has 0 spiro atoms. The van der Waals surface area contributed by atoms with Crippen LogP contribution in [-0.2, 0) is 0 Å². The van der Waals surface area contributed by atoms with Gasteiger partial charge < -0.3 is 0 Å². The minimum atomic E-state index is -0.0791. The molecule has 2 nitrogen and oxygen atoms in total. The van der Waals surface area contributed by atoms with Crippen LogP contribution < -0.4 is 0 Å². The van der Waals surface area contributed by atoms with Crippen LogP contribution in [0.25, 0.3) is 31.3 Å². The summed E-state index contributed by atoms with van der Waals surface area (Å²) in [5.74, 6) is -0.145. The van der Waals surface area contributed by atoms with Crippen molar-refractivity contribution in [2.75, 3.05) is 0 Å². The molecule has 1 heterocycles. The van der Waals surface area contributed by atoms with Gasteiger partial charge in [-0.2, -0.15) is 0 Å². The van der Waals surface area contributed by atoms with Gasteiger partial charge in [-0.05, 0) is 17.7 Å². The molecule has 1 aromatic heterocycles. The lowest BCUT2D eigenvalue weighted by Gasteiger charge is -2.20. The SMILES string of the molecule is O=C1c2ccccc2C(=O)c2c1cc(-c1ccccc1)c1sc3ccccc3c21. The zero-order valence-corrected chi connectivity index (χ0v) is 16.1. The smallest absolute Gasteiger partial charge is 0.195 e. The Hall–Kier alpha value is -3.56. The van der Waals surface area contributed by atoms with E-state index in [9.17, 15) is 9.59 Å². The van der Waals surface area contributed by atoms with E-state index in [1.807, 2.05) is 54.6 Å². The van der Waals surface area contributed by atoms with Gasteiger partial charge in [-0.3, -0.25) is 9.59 Å². The van der Waals surface area contributed by atoms with Crippen LogP contribution in [0.2, 0.25) is 0 Å². The summed E-state index contributed by atoms with van der Waals surface area (Å²) in [6.07, 6.45) is 0. The summed E-state index contributed by atoms with van der Waals surface area (Å²) in [6.45, 7) is 0. The summed E-state index contributed by atoms with van der Waals surface area (Å²) in [5, 5.41) is 1.93. The van der Waals surface area contributed by atoms with Crippen LogP contribution >= 0.6 is 11.3 Å². The average Bonchev–Trinajstić information content (AvgIpc) is 3.17. The van der Waals surface area contributed by atoms with Gasteiger partial charge in [-0.1, -0.05) is 72.8 Å². The molecule has 0 fully saturated rings. The Morgan fingerprint density at radius 1 is 0.586 bits per heavy atom. The maximum atomic E-state index is 13.5. The highest BCUT2D eigenvalue weighted by Crippen LogP contribution is 2.45. The fraction of sp³-hybridized carbons (Fsp3) is 0. The van der Waals surface area contributed by atoms with Crippen molar-refractivity contribution in [1.29, 1.82) is 0 Å². The van der Waals surface area contributed by atoms with Gasteiger partial charge >= 0.3 is 0 Å². The van der Waals surface area contributed by atoms with E-state index in [4.69, 9.17) is 0 Å². The molecule has 0 atom stereocenters. The monoisotopic (exact) mass is 390 g/mol. The Bertz CT molecular complexity index is 1480. The largest absolute Gasteiger partial charge is 0.289 e. The minimum Gasteiger partial charge on any atom is -0.289 e. The van der Waals surface area contributed by atoms with Crippen molar-refractivity contribution in [3.63, 3.8) is 0 Å². The topological polar surface area (TPSA) is 34.1 Å². The summed E-state index contributed by atoms with van der Waals surface area (Å²) >= 11 is 1.68. The van der Waals surface area contributed by atoms with E-state index < -0.39 is 0 Å². The summed E-state index contributed by atoms with van der Waals surface area (Å²) in [5.41, 5.74) is 4.08. The van der Waals surface area contributed by atoms with Gasteiger partial charge in [0.15, 0.2) is 11.6 Å². The molecule has 0 amide bonds. The second-order valence-electron chi connectivity index (χ2n) is 7.22. The van der Waals surface area contributed by atoms with Gasteiger partial charge in [-0.25, -0.2) is 0 Å². The lowest BCUT2D eigenvalue weighted by atomic mass is 9.80. The van der Waals surface area contributed by atoms with E-state index in [1.54, 1.807) is 23.5 Å². The lowest BCUT2D eigenvalue weighted by Crippen LogP contribution is -2.21. The van der Waals surface area contributed by atoms with Gasteiger partial charge in [0, 0.05) is 48.0 Å². The number of carbonyl (C=O) groups is 2. The summed E-state index contributed by atoms with van der Waals surface area (Å²) in [7, 11) is 0. The van der Waals surface area contributed by atoms with Crippen LogP contribution in [0.1, 0.15) is 31.8 Å². The van der Waals surface area contributed by atoms with E-state index in [-0.39, 0.29) is 11.6 Å². The maximum Gasteiger partial charge on any atom is 0.195 e. The maximum absolute atomic E-state index is 13.5. The third-order valence-corrected chi connectivity index (χ3v) is 6.82. The number of hydrogen-bond donors (Lipinski definition) is 0. The molecule has 3 heteroatoms. The molecule has 6 rings (SSSR count). The molecule has 29 heavy (non-hydrogen) atoms. The van der Waals surface area contributed by atoms with Gasteiger partial charge in [0.05, 0.1) is 0 Å². The van der Waals surface area contributed by atoms with Crippen LogP contribution in [-0.4, -0.2) is 11.6 Å². The molecule has 1 aliphatic rings. The third kappa shape index (κ3) is 2.22. The molecule has 0 saturated carbocycles. The molecule has 5 aromatic rings. The Labute approximate surface area is 171 Å². The van der Waals surface area contributed by atoms with Crippen LogP contribution in [0.5, 0.6) is 0 Å². The number of thiophene rings is 1. The Morgan fingerprint density at radius 2 is 1.24 bits per heavy atom. The van der Waals surface area contributed by atoms with Crippen LogP contribution in [0, 0.1) is 0 Å². The zero-order chi connectivity index (χ0) is 19.5. The fourth-order valence-electron chi connectivity index (χ4n) is 4.31. The van der Waals surface area contributed by atoms with Crippen molar-refractivity contribution < 1.29 is 9.59 Å². The molecule has 4 aromatic carbocycles. The van der Waals surface area contributed by atoms with Gasteiger partial charge in [0.1, 0.15) is 0 Å². The lowest BCUT2D eigenvalue weighted by molar-refractivity contribution is 0.0980. The molecule has 1 aliphatic carbocycles. The standard InChI is InChI=1S/C26H14O2S/c27-24-16-10-4-5-11-17(16)25(28)22-20(24)14-19(15-8-2-1-3-9-15)26-23(22)18-12-6-7-13-21(18)29-26/h1-14H. The first kappa shape index (κ1) is 16.4. The van der Waals surface area contributed by atoms with Crippen LogP contribution in [0.15, 0.2) is 84.9 Å². The van der Waals surface area contributed by atoms with Crippen molar-refractivity contribution >= 4 is 43.1 Å². The molecule has 0 N–H and O–H groups in total. The predicted molar refractivity (Wildman–Crippen MR) is 118 cm³/mol. The van der Waals surface area contributed by atoms with E-state index in [1.165, 1.54) is 0 Å². The van der Waals surface area contributed by atoms with Crippen molar-refractivity contribution in [2.45, 2.75) is 0 Å². The van der Waals surface area contributed by atoms with Crippen molar-refractivity contribution in [1.82, 2.24) is 0 Å². The summed E-state index contributed by atoms with van der Waals surface area (Å²) in [6, 6.07) is 27.2. The van der Waals surface area contributed by atoms with Crippen molar-refractivity contribution in [3.05, 3.63) is 107 Å². The van der Waals surface area contributed by atoms with E-state index >= 15 is 0 Å². The molecule has 0 saturated heterocycles. The zero-order valence-electron chi connectivity index (χ0n) is 15.3. The highest BCUT2D eigenvalue weighted by molar-refractivity contribution is 7.26. The second kappa shape index (κ2) is 5.97. The van der Waals surface area contributed by atoms with Crippen molar-refractivity contribution in [3.8, 4) is 11.1 Å². The highest BCUT2D eigenvalue weighted by Gasteiger charge is 2.33. The fourth-order valence-corrected chi connectivity index (χ4v) is 5.55. The first-order valence-corrected chi connectivity index (χ1v) is 10.3. The average molecular weight is 390 g/mol. The summed E-state index contributed by atoms with van der Waals surface area (Å²) < 4.78 is 2.17. The summed E-state index contributed by atoms with van der Waals surface area (Å²) in [4.78, 5) is 26.9. The van der Waals surface area contributed by atoms with Gasteiger partial charge in [0.25, 0.3) is 0 Å². The quantitative estimate of drug-likeness (QED) is 0.321. The van der Waals surface area contributed by atoms with Crippen molar-refractivity contribution in [2.24, 2.45) is 0 Å². The third-order valence-electron chi connectivity index (χ3n) is 5.62. The van der Waals surface area contributed by atoms with E-state index in [0.29, 0.717) is 22.3 Å². The molecule has 0 unspecified atom stereocenters. The Balaban J connectivity index is 1.82. The van der Waals surface area contributed by atoms with E-state index in [2.05, 4.69) is 18.2 Å². The van der Waals surface area contributed by atoms with Crippen LogP contribution in [0.3, 0.4) is 0 Å². The second-order valence-corrected chi connectivity index (χ2v) is 8.27. The molecular formula is C26H14O2S. The number of fused-ring (bicyclic) bond motifs is 6. The number of benzene rings is 4. The number of rotatable bonds is 1. The normalized spacial score (nSPS) is 13.0. The number of hydrogen-bond acceptors (Lipinski definition) is 3. The molecule has 0 bridgehead atoms. The Kier molecular flexibility index (Phi) is 3.37. The number of carbonyl (C=O) groups excluding carboxylic acids is 2. The van der Waals surface area contributed by atoms with E-state index in [0.717, 1.165) is 31.3 Å². The van der Waals surface area contributed by atoms with Gasteiger partial charge in [-0.15, -0.1) is 11.3 Å². The Morgan fingerprint density at radius 3 is 2.03 bits per heavy atom. The minimum absolute atomic E-state index is 0.0663. The first-order valence-electron chi connectivity index (χ1n) is 9.46. The number of ketones is 2. The predicted octanol–water partition coefficient (Wildman–Crippen LogP) is 6.50. The molecule has 136 valence electrons. The highest BCUT2D eigenvalue weighted by atomic mass is 32.1. The van der Waals surface area contributed by atoms with Gasteiger partial charge in [0.2, 0.25) is 0 Å². The molecular weight excluding hydrogens is 376 g/mol. The molecule has 0 aliphatic heterocycles. The van der Waals surface area contributed by atoms with Crippen LogP contribution in [0.4, 0.5) is 0 Å². The first-order chi connectivity index (χ1) is 14.2. The molecule has 0 radical (unpaired) electrons.